The zero-order valence-electron chi connectivity index (χ0n) is 14.5. The molecule has 0 fully saturated rings. The van der Waals surface area contributed by atoms with Gasteiger partial charge in [-0.2, -0.15) is 0 Å². The van der Waals surface area contributed by atoms with Crippen molar-refractivity contribution >= 4 is 0 Å². The Morgan fingerprint density at radius 2 is 1.61 bits per heavy atom. The molecule has 23 heavy (non-hydrogen) atoms. The van der Waals surface area contributed by atoms with Gasteiger partial charge in [0.1, 0.15) is 0 Å². The van der Waals surface area contributed by atoms with E-state index in [0.717, 1.165) is 0 Å². The van der Waals surface area contributed by atoms with Gasteiger partial charge in [-0.3, -0.25) is 5.32 Å². The highest BCUT2D eigenvalue weighted by Crippen LogP contribution is 2.53. The van der Waals surface area contributed by atoms with Crippen molar-refractivity contribution in [2.75, 3.05) is 0 Å². The van der Waals surface area contributed by atoms with Gasteiger partial charge in [0.05, 0.1) is 5.54 Å². The summed E-state index contributed by atoms with van der Waals surface area (Å²) in [6.45, 7) is 7.07. The second-order valence-electron chi connectivity index (χ2n) is 7.76. The van der Waals surface area contributed by atoms with E-state index in [0.29, 0.717) is 5.92 Å². The minimum Gasteiger partial charge on any atom is -0.294 e. The van der Waals surface area contributed by atoms with Crippen LogP contribution in [0.5, 0.6) is 0 Å². The number of rotatable bonds is 3. The highest BCUT2D eigenvalue weighted by molar-refractivity contribution is 5.55. The summed E-state index contributed by atoms with van der Waals surface area (Å²) >= 11 is 0. The minimum atomic E-state index is -0.0666. The zero-order chi connectivity index (χ0) is 16.1. The maximum atomic E-state index is 4.03. The van der Waals surface area contributed by atoms with Crippen LogP contribution in [0.4, 0.5) is 0 Å². The van der Waals surface area contributed by atoms with Gasteiger partial charge in [0, 0.05) is 5.54 Å². The van der Waals surface area contributed by atoms with Crippen LogP contribution < -0.4 is 5.32 Å². The molecule has 1 heteroatoms. The molecule has 0 radical (unpaired) electrons. The summed E-state index contributed by atoms with van der Waals surface area (Å²) in [6.07, 6.45) is 5.07. The van der Waals surface area contributed by atoms with Crippen LogP contribution in [0.25, 0.3) is 0 Å². The summed E-state index contributed by atoms with van der Waals surface area (Å²) in [7, 11) is 0. The first kappa shape index (κ1) is 15.0. The number of nitrogens with one attached hydrogen (secondary N) is 1. The van der Waals surface area contributed by atoms with Crippen LogP contribution in [0.15, 0.2) is 48.5 Å². The molecule has 2 aliphatic rings. The topological polar surface area (TPSA) is 12.0 Å². The maximum Gasteiger partial charge on any atom is 0.0674 e. The Balaban J connectivity index is 1.93. The van der Waals surface area contributed by atoms with Gasteiger partial charge in [-0.15, -0.1) is 0 Å². The van der Waals surface area contributed by atoms with Crippen molar-refractivity contribution in [3.63, 3.8) is 0 Å². The molecular weight excluding hydrogens is 278 g/mol. The Kier molecular flexibility index (Phi) is 3.39. The van der Waals surface area contributed by atoms with Crippen LogP contribution in [0.3, 0.4) is 0 Å². The molecule has 0 spiro atoms. The summed E-state index contributed by atoms with van der Waals surface area (Å²) < 4.78 is 0. The molecule has 0 saturated carbocycles. The number of fused-ring (bicyclic) bond motifs is 7. The average molecular weight is 305 g/mol. The summed E-state index contributed by atoms with van der Waals surface area (Å²) in [6, 6.07) is 18.2. The largest absolute Gasteiger partial charge is 0.294 e. The van der Waals surface area contributed by atoms with Crippen LogP contribution in [0.1, 0.15) is 74.6 Å². The Morgan fingerprint density at radius 3 is 2.35 bits per heavy atom. The monoisotopic (exact) mass is 305 g/mol. The normalized spacial score (nSPS) is 31.3. The Bertz CT molecular complexity index is 734. The van der Waals surface area contributed by atoms with Crippen molar-refractivity contribution < 1.29 is 0 Å². The SMILES string of the molecule is CCCC[C@H]1C[C@@]2(C)N[C@@](C)(c3ccccc31)c1ccccc12. The molecule has 0 unspecified atom stereocenters. The van der Waals surface area contributed by atoms with Crippen LogP contribution in [0.2, 0.25) is 0 Å². The summed E-state index contributed by atoms with van der Waals surface area (Å²) in [5.41, 5.74) is 6.01. The van der Waals surface area contributed by atoms with Gasteiger partial charge >= 0.3 is 0 Å². The third-order valence-electron chi connectivity index (χ3n) is 6.09. The predicted molar refractivity (Wildman–Crippen MR) is 96.7 cm³/mol. The first-order chi connectivity index (χ1) is 11.1. The van der Waals surface area contributed by atoms with Gasteiger partial charge in [0.15, 0.2) is 0 Å². The fraction of sp³-hybridized carbons (Fsp3) is 0.455. The molecule has 0 amide bonds. The second kappa shape index (κ2) is 5.21. The predicted octanol–water partition coefficient (Wildman–Crippen LogP) is 5.45. The molecule has 0 aliphatic carbocycles. The van der Waals surface area contributed by atoms with Crippen LogP contribution >= 0.6 is 0 Å². The van der Waals surface area contributed by atoms with E-state index in [1.54, 1.807) is 5.56 Å². The van der Waals surface area contributed by atoms with E-state index in [1.807, 2.05) is 0 Å². The molecule has 1 N–H and O–H groups in total. The standard InChI is InChI=1S/C22H27N/c1-4-5-10-16-15-21(2)19-13-8-9-14-20(19)22(3,23-21)18-12-7-6-11-17(16)18/h6-9,11-14,16,23H,4-5,10,15H2,1-3H3/t16-,21+,22-/m0/s1. The molecule has 2 aliphatic heterocycles. The molecule has 0 saturated heterocycles. The lowest BCUT2D eigenvalue weighted by atomic mass is 9.73. The highest BCUT2D eigenvalue weighted by atomic mass is 15.1. The quantitative estimate of drug-likeness (QED) is 0.795. The van der Waals surface area contributed by atoms with Crippen LogP contribution in [-0.4, -0.2) is 0 Å². The lowest BCUT2D eigenvalue weighted by Crippen LogP contribution is -2.43. The lowest BCUT2D eigenvalue weighted by molar-refractivity contribution is 0.290. The van der Waals surface area contributed by atoms with Crippen molar-refractivity contribution in [1.29, 1.82) is 0 Å². The summed E-state index contributed by atoms with van der Waals surface area (Å²) in [5.74, 6) is 0.652. The number of unbranched alkanes of at least 4 members (excludes halogenated alkanes) is 1. The molecule has 2 aromatic rings. The van der Waals surface area contributed by atoms with Crippen LogP contribution in [0, 0.1) is 0 Å². The van der Waals surface area contributed by atoms with Gasteiger partial charge in [-0.05, 0) is 54.9 Å². The first-order valence-electron chi connectivity index (χ1n) is 9.07. The van der Waals surface area contributed by atoms with Gasteiger partial charge in [0.2, 0.25) is 0 Å². The average Bonchev–Trinajstić information content (AvgIpc) is 2.74. The van der Waals surface area contributed by atoms with Gasteiger partial charge in [0.25, 0.3) is 0 Å². The number of hydrogen-bond acceptors (Lipinski definition) is 1. The summed E-state index contributed by atoms with van der Waals surface area (Å²) in [5, 5.41) is 4.03. The summed E-state index contributed by atoms with van der Waals surface area (Å²) in [4.78, 5) is 0. The van der Waals surface area contributed by atoms with Gasteiger partial charge in [-0.1, -0.05) is 68.3 Å². The number of hydrogen-bond donors (Lipinski definition) is 1. The molecule has 0 aromatic heterocycles. The van der Waals surface area contributed by atoms with Crippen molar-refractivity contribution in [1.82, 2.24) is 5.32 Å². The van der Waals surface area contributed by atoms with Crippen molar-refractivity contribution in [2.24, 2.45) is 0 Å². The molecule has 2 bridgehead atoms. The smallest absolute Gasteiger partial charge is 0.0674 e. The maximum absolute atomic E-state index is 4.03. The molecule has 120 valence electrons. The fourth-order valence-corrected chi connectivity index (χ4v) is 5.08. The molecule has 2 aromatic carbocycles. The molecule has 1 nitrogen and oxygen atoms in total. The van der Waals surface area contributed by atoms with E-state index in [1.165, 1.54) is 42.4 Å². The third-order valence-corrected chi connectivity index (χ3v) is 6.09. The van der Waals surface area contributed by atoms with E-state index in [-0.39, 0.29) is 11.1 Å². The van der Waals surface area contributed by atoms with Gasteiger partial charge < -0.3 is 0 Å². The van der Waals surface area contributed by atoms with Crippen molar-refractivity contribution in [2.45, 2.75) is 63.5 Å². The number of benzene rings is 2. The van der Waals surface area contributed by atoms with E-state index in [9.17, 15) is 0 Å². The molecule has 2 heterocycles. The van der Waals surface area contributed by atoms with Gasteiger partial charge in [-0.25, -0.2) is 0 Å². The van der Waals surface area contributed by atoms with Crippen molar-refractivity contribution in [3.8, 4) is 0 Å². The fourth-order valence-electron chi connectivity index (χ4n) is 5.08. The Morgan fingerprint density at radius 1 is 0.957 bits per heavy atom. The molecule has 4 rings (SSSR count). The molecular formula is C22H27N. The second-order valence-corrected chi connectivity index (χ2v) is 7.76. The van der Waals surface area contributed by atoms with E-state index in [4.69, 9.17) is 0 Å². The van der Waals surface area contributed by atoms with Crippen molar-refractivity contribution in [3.05, 3.63) is 70.8 Å². The van der Waals surface area contributed by atoms with Crippen LogP contribution in [-0.2, 0) is 11.1 Å². The first-order valence-corrected chi connectivity index (χ1v) is 9.07. The lowest BCUT2D eigenvalue weighted by Gasteiger charge is -2.30. The van der Waals surface area contributed by atoms with E-state index < -0.39 is 0 Å². The third kappa shape index (κ3) is 2.10. The minimum absolute atomic E-state index is 0.0666. The Labute approximate surface area is 140 Å². The highest BCUT2D eigenvalue weighted by Gasteiger charge is 2.51. The zero-order valence-corrected chi connectivity index (χ0v) is 14.5. The van der Waals surface area contributed by atoms with E-state index in [2.05, 4.69) is 74.6 Å². The Hall–Kier alpha value is -1.60. The van der Waals surface area contributed by atoms with E-state index >= 15 is 0 Å². The molecule has 3 atom stereocenters.